The van der Waals surface area contributed by atoms with Crippen molar-refractivity contribution in [3.05, 3.63) is 16.2 Å². The molecule has 0 atom stereocenters. The molecule has 2 aromatic heterocycles. The van der Waals surface area contributed by atoms with Crippen molar-refractivity contribution in [2.24, 2.45) is 0 Å². The highest BCUT2D eigenvalue weighted by Crippen LogP contribution is 2.24. The molecule has 0 aliphatic heterocycles. The first-order valence-corrected chi connectivity index (χ1v) is 7.96. The van der Waals surface area contributed by atoms with Crippen LogP contribution >= 0.6 is 22.7 Å². The van der Waals surface area contributed by atoms with Gasteiger partial charge < -0.3 is 4.74 Å². The lowest BCUT2D eigenvalue weighted by atomic mass is 10.5. The van der Waals surface area contributed by atoms with Gasteiger partial charge in [0, 0.05) is 0 Å². The van der Waals surface area contributed by atoms with Crippen LogP contribution in [0.4, 0.5) is 5.13 Å². The number of rotatable bonds is 4. The summed E-state index contributed by atoms with van der Waals surface area (Å²) < 4.78 is 30.7. The first kappa shape index (κ1) is 13.8. The zero-order valence-corrected chi connectivity index (χ0v) is 12.2. The molecule has 2 rings (SSSR count). The summed E-state index contributed by atoms with van der Waals surface area (Å²) >= 11 is 1.91. The number of nitrogens with one attached hydrogen (secondary N) is 1. The Balaban J connectivity index is 2.35. The van der Waals surface area contributed by atoms with Gasteiger partial charge in [-0.15, -0.1) is 21.5 Å². The van der Waals surface area contributed by atoms with E-state index in [0.717, 1.165) is 29.8 Å². The van der Waals surface area contributed by atoms with Gasteiger partial charge in [-0.3, -0.25) is 4.72 Å². The quantitative estimate of drug-likeness (QED) is 0.833. The zero-order valence-electron chi connectivity index (χ0n) is 9.78. The number of carbonyl (C=O) groups is 1. The predicted molar refractivity (Wildman–Crippen MR) is 68.9 cm³/mol. The largest absolute Gasteiger partial charge is 0.464 e. The number of anilines is 1. The maximum atomic E-state index is 12.1. The van der Waals surface area contributed by atoms with E-state index in [1.54, 1.807) is 6.92 Å². The summed E-state index contributed by atoms with van der Waals surface area (Å²) in [6.45, 7) is 1.70. The highest BCUT2D eigenvalue weighted by molar-refractivity contribution is 7.94. The van der Waals surface area contributed by atoms with Crippen molar-refractivity contribution >= 4 is 43.8 Å². The van der Waals surface area contributed by atoms with Crippen molar-refractivity contribution in [1.82, 2.24) is 15.2 Å². The lowest BCUT2D eigenvalue weighted by molar-refractivity contribution is 0.0590. The molecule has 0 aromatic carbocycles. The minimum atomic E-state index is -3.93. The molecule has 0 aliphatic rings. The van der Waals surface area contributed by atoms with Gasteiger partial charge in [0.05, 0.1) is 12.6 Å². The molecular weight excluding hydrogens is 312 g/mol. The first-order valence-electron chi connectivity index (χ1n) is 4.79. The average molecular weight is 320 g/mol. The van der Waals surface area contributed by atoms with Gasteiger partial charge in [-0.25, -0.2) is 18.2 Å². The molecule has 19 heavy (non-hydrogen) atoms. The number of sulfonamides is 1. The molecule has 0 saturated heterocycles. The molecular formula is C8H8N4O4S3. The van der Waals surface area contributed by atoms with E-state index in [0.29, 0.717) is 5.01 Å². The van der Waals surface area contributed by atoms with Gasteiger partial charge in [-0.1, -0.05) is 11.3 Å². The molecule has 0 fully saturated rings. The lowest BCUT2D eigenvalue weighted by Gasteiger charge is -2.03. The van der Waals surface area contributed by atoms with E-state index in [9.17, 15) is 13.2 Å². The van der Waals surface area contributed by atoms with Crippen LogP contribution in [-0.2, 0) is 14.8 Å². The minimum absolute atomic E-state index is 0.127. The molecule has 102 valence electrons. The van der Waals surface area contributed by atoms with E-state index in [2.05, 4.69) is 24.6 Å². The normalized spacial score (nSPS) is 11.3. The molecule has 2 heterocycles. The van der Waals surface area contributed by atoms with Crippen LogP contribution in [0.2, 0.25) is 0 Å². The smallest absolute Gasteiger partial charge is 0.358 e. The van der Waals surface area contributed by atoms with Gasteiger partial charge in [0.2, 0.25) is 5.13 Å². The minimum Gasteiger partial charge on any atom is -0.464 e. The molecule has 0 amide bonds. The van der Waals surface area contributed by atoms with Gasteiger partial charge in [0.1, 0.15) is 5.01 Å². The van der Waals surface area contributed by atoms with E-state index < -0.39 is 16.0 Å². The van der Waals surface area contributed by atoms with Crippen molar-refractivity contribution in [1.29, 1.82) is 0 Å². The molecule has 0 radical (unpaired) electrons. The van der Waals surface area contributed by atoms with Crippen molar-refractivity contribution in [3.8, 4) is 0 Å². The van der Waals surface area contributed by atoms with Crippen molar-refractivity contribution in [2.45, 2.75) is 11.1 Å². The summed E-state index contributed by atoms with van der Waals surface area (Å²) in [5.74, 6) is -0.810. The van der Waals surface area contributed by atoms with Crippen LogP contribution in [0.5, 0.6) is 0 Å². The number of aromatic nitrogens is 3. The second kappa shape index (κ2) is 5.19. The van der Waals surface area contributed by atoms with Crippen molar-refractivity contribution < 1.29 is 17.9 Å². The fraction of sp³-hybridized carbons (Fsp3) is 0.250. The molecule has 8 nitrogen and oxygen atoms in total. The van der Waals surface area contributed by atoms with Gasteiger partial charge >= 0.3 is 5.97 Å². The Bertz CT molecular complexity index is 705. The molecule has 0 unspecified atom stereocenters. The van der Waals surface area contributed by atoms with Crippen LogP contribution in [0.25, 0.3) is 0 Å². The Morgan fingerprint density at radius 3 is 2.74 bits per heavy atom. The average Bonchev–Trinajstić information content (AvgIpc) is 2.97. The molecule has 11 heteroatoms. The van der Waals surface area contributed by atoms with Gasteiger partial charge in [-0.05, 0) is 6.92 Å². The number of hydrogen-bond acceptors (Lipinski definition) is 9. The van der Waals surface area contributed by atoms with Gasteiger partial charge in [0.15, 0.2) is 9.90 Å². The SMILES string of the molecule is COC(=O)c1ncsc1S(=O)(=O)Nc1nnc(C)s1. The Labute approximate surface area is 116 Å². The van der Waals surface area contributed by atoms with Crippen LogP contribution < -0.4 is 4.72 Å². The topological polar surface area (TPSA) is 111 Å². The van der Waals surface area contributed by atoms with Gasteiger partial charge in [-0.2, -0.15) is 0 Å². The highest BCUT2D eigenvalue weighted by atomic mass is 32.2. The van der Waals surface area contributed by atoms with Crippen LogP contribution in [0.3, 0.4) is 0 Å². The number of ether oxygens (including phenoxy) is 1. The number of hydrogen-bond donors (Lipinski definition) is 1. The van der Waals surface area contributed by atoms with Crippen molar-refractivity contribution in [2.75, 3.05) is 11.8 Å². The highest BCUT2D eigenvalue weighted by Gasteiger charge is 2.27. The van der Waals surface area contributed by atoms with Crippen LogP contribution in [0.1, 0.15) is 15.5 Å². The van der Waals surface area contributed by atoms with Crippen LogP contribution in [-0.4, -0.2) is 36.7 Å². The van der Waals surface area contributed by atoms with Crippen molar-refractivity contribution in [3.63, 3.8) is 0 Å². The predicted octanol–water partition coefficient (Wildman–Crippen LogP) is 0.890. The number of aryl methyl sites for hydroxylation is 1. The Morgan fingerprint density at radius 1 is 1.42 bits per heavy atom. The number of methoxy groups -OCH3 is 1. The Kier molecular flexibility index (Phi) is 3.78. The molecule has 0 spiro atoms. The Hall–Kier alpha value is -1.59. The molecule has 0 bridgehead atoms. The van der Waals surface area contributed by atoms with Crippen LogP contribution in [0.15, 0.2) is 9.72 Å². The fourth-order valence-electron chi connectivity index (χ4n) is 1.16. The summed E-state index contributed by atoms with van der Waals surface area (Å²) in [6, 6.07) is 0. The van der Waals surface area contributed by atoms with E-state index in [1.807, 2.05) is 0 Å². The zero-order chi connectivity index (χ0) is 14.0. The summed E-state index contributed by atoms with van der Waals surface area (Å²) in [6.07, 6.45) is 0. The van der Waals surface area contributed by atoms with Gasteiger partial charge in [0.25, 0.3) is 10.0 Å². The second-order valence-electron chi connectivity index (χ2n) is 3.21. The van der Waals surface area contributed by atoms with E-state index in [4.69, 9.17) is 0 Å². The molecule has 1 N–H and O–H groups in total. The summed E-state index contributed by atoms with van der Waals surface area (Å²) in [5, 5.41) is 8.09. The second-order valence-corrected chi connectivity index (χ2v) is 7.13. The van der Waals surface area contributed by atoms with E-state index in [1.165, 1.54) is 5.51 Å². The maximum Gasteiger partial charge on any atom is 0.358 e. The Morgan fingerprint density at radius 2 is 2.16 bits per heavy atom. The van der Waals surface area contributed by atoms with Crippen LogP contribution in [0, 0.1) is 6.92 Å². The number of nitrogens with zero attached hydrogens (tertiary/aromatic N) is 3. The number of esters is 1. The number of thiazole rings is 1. The molecule has 0 saturated carbocycles. The molecule has 2 aromatic rings. The lowest BCUT2D eigenvalue weighted by Crippen LogP contribution is -2.16. The van der Waals surface area contributed by atoms with E-state index in [-0.39, 0.29) is 15.0 Å². The fourth-order valence-corrected chi connectivity index (χ4v) is 4.11. The first-order chi connectivity index (χ1) is 8.94. The summed E-state index contributed by atoms with van der Waals surface area (Å²) in [5.41, 5.74) is 1.01. The number of carbonyl (C=O) groups excluding carboxylic acids is 1. The molecule has 0 aliphatic carbocycles. The monoisotopic (exact) mass is 320 g/mol. The van der Waals surface area contributed by atoms with E-state index >= 15 is 0 Å². The third kappa shape index (κ3) is 2.88. The third-order valence-electron chi connectivity index (χ3n) is 1.91. The maximum absolute atomic E-state index is 12.1. The summed E-state index contributed by atoms with van der Waals surface area (Å²) in [4.78, 5) is 15.1. The standard InChI is InChI=1S/C8H8N4O4S3/c1-4-10-11-8(18-4)12-19(14,15)7-5(6(13)16-2)9-3-17-7/h3H,1-2H3,(H,11,12). The summed E-state index contributed by atoms with van der Waals surface area (Å²) in [7, 11) is -2.78. The third-order valence-corrected chi connectivity index (χ3v) is 5.50.